The van der Waals surface area contributed by atoms with Crippen LogP contribution in [0.15, 0.2) is 48.5 Å². The molecule has 136 valence electrons. The number of amides is 2. The molecular formula is C20H21FN2O3. The van der Waals surface area contributed by atoms with Crippen molar-refractivity contribution < 1.29 is 18.7 Å². The maximum atomic E-state index is 13.1. The largest absolute Gasteiger partial charge is 0.484 e. The van der Waals surface area contributed by atoms with Gasteiger partial charge in [0.25, 0.3) is 5.91 Å². The quantitative estimate of drug-likeness (QED) is 0.810. The van der Waals surface area contributed by atoms with E-state index >= 15 is 0 Å². The van der Waals surface area contributed by atoms with Crippen LogP contribution in [-0.2, 0) is 15.0 Å². The first-order valence-corrected chi connectivity index (χ1v) is 8.54. The Morgan fingerprint density at radius 1 is 1.04 bits per heavy atom. The molecule has 2 amide bonds. The summed E-state index contributed by atoms with van der Waals surface area (Å²) in [4.78, 5) is 24.5. The van der Waals surface area contributed by atoms with Crippen molar-refractivity contribution in [2.75, 3.05) is 6.61 Å². The van der Waals surface area contributed by atoms with Gasteiger partial charge in [-0.05, 0) is 49.6 Å². The van der Waals surface area contributed by atoms with Gasteiger partial charge in [-0.3, -0.25) is 20.4 Å². The first-order valence-electron chi connectivity index (χ1n) is 8.54. The van der Waals surface area contributed by atoms with Crippen molar-refractivity contribution in [1.29, 1.82) is 0 Å². The molecule has 1 aliphatic rings. The first kappa shape index (κ1) is 17.9. The normalized spacial score (nSPS) is 14.8. The number of carbonyl (C=O) groups excluding carboxylic acids is 2. The van der Waals surface area contributed by atoms with Crippen molar-refractivity contribution in [3.05, 3.63) is 65.5 Å². The number of hydrogen-bond acceptors (Lipinski definition) is 3. The van der Waals surface area contributed by atoms with E-state index in [-0.39, 0.29) is 18.3 Å². The van der Waals surface area contributed by atoms with E-state index in [0.717, 1.165) is 17.5 Å². The Hall–Kier alpha value is -2.89. The Labute approximate surface area is 151 Å². The molecule has 6 heteroatoms. The molecule has 0 heterocycles. The number of hydrogen-bond donors (Lipinski definition) is 2. The third kappa shape index (κ3) is 3.85. The van der Waals surface area contributed by atoms with Crippen LogP contribution in [0.5, 0.6) is 5.75 Å². The lowest BCUT2D eigenvalue weighted by Gasteiger charge is -2.40. The summed E-state index contributed by atoms with van der Waals surface area (Å²) in [6.45, 7) is 1.76. The van der Waals surface area contributed by atoms with Crippen molar-refractivity contribution in [2.45, 2.75) is 31.6 Å². The summed E-state index contributed by atoms with van der Waals surface area (Å²) >= 11 is 0. The highest BCUT2D eigenvalue weighted by Gasteiger charge is 2.45. The van der Waals surface area contributed by atoms with Gasteiger partial charge in [-0.25, -0.2) is 4.39 Å². The highest BCUT2D eigenvalue weighted by molar-refractivity contribution is 5.91. The molecule has 0 radical (unpaired) electrons. The second kappa shape index (κ2) is 7.56. The molecule has 0 aromatic heterocycles. The van der Waals surface area contributed by atoms with E-state index < -0.39 is 11.3 Å². The number of rotatable bonds is 5. The minimum Gasteiger partial charge on any atom is -0.484 e. The van der Waals surface area contributed by atoms with Crippen molar-refractivity contribution in [2.24, 2.45) is 0 Å². The van der Waals surface area contributed by atoms with Gasteiger partial charge in [0.2, 0.25) is 5.91 Å². The lowest BCUT2D eigenvalue weighted by atomic mass is 9.64. The van der Waals surface area contributed by atoms with E-state index in [0.29, 0.717) is 18.6 Å². The van der Waals surface area contributed by atoms with E-state index in [1.54, 1.807) is 24.3 Å². The summed E-state index contributed by atoms with van der Waals surface area (Å²) in [5, 5.41) is 0. The zero-order valence-electron chi connectivity index (χ0n) is 14.5. The Balaban J connectivity index is 1.53. The molecule has 3 rings (SSSR count). The van der Waals surface area contributed by atoms with Gasteiger partial charge in [-0.2, -0.15) is 0 Å². The van der Waals surface area contributed by atoms with E-state index in [4.69, 9.17) is 4.74 Å². The molecule has 1 aliphatic carbocycles. The molecule has 26 heavy (non-hydrogen) atoms. The fraction of sp³-hybridized carbons (Fsp3) is 0.300. The van der Waals surface area contributed by atoms with Crippen molar-refractivity contribution in [3.63, 3.8) is 0 Å². The van der Waals surface area contributed by atoms with Crippen LogP contribution in [-0.4, -0.2) is 18.4 Å². The smallest absolute Gasteiger partial charge is 0.276 e. The molecule has 2 aromatic carbocycles. The number of hydrazine groups is 1. The van der Waals surface area contributed by atoms with Crippen LogP contribution in [0.4, 0.5) is 4.39 Å². The Bertz CT molecular complexity index is 784. The fourth-order valence-electron chi connectivity index (χ4n) is 3.01. The van der Waals surface area contributed by atoms with E-state index in [2.05, 4.69) is 10.9 Å². The number of ether oxygens (including phenoxy) is 1. The zero-order chi connectivity index (χ0) is 18.6. The van der Waals surface area contributed by atoms with E-state index in [1.165, 1.54) is 12.1 Å². The third-order valence-corrected chi connectivity index (χ3v) is 4.74. The topological polar surface area (TPSA) is 67.4 Å². The third-order valence-electron chi connectivity index (χ3n) is 4.74. The summed E-state index contributed by atoms with van der Waals surface area (Å²) in [5.74, 6) is -0.504. The van der Waals surface area contributed by atoms with Crippen LogP contribution in [0.25, 0.3) is 0 Å². The lowest BCUT2D eigenvalue weighted by molar-refractivity contribution is -0.135. The fourth-order valence-corrected chi connectivity index (χ4v) is 3.01. The number of benzene rings is 2. The molecule has 0 aliphatic heterocycles. The van der Waals surface area contributed by atoms with Crippen molar-refractivity contribution in [3.8, 4) is 5.75 Å². The van der Waals surface area contributed by atoms with E-state index in [1.807, 2.05) is 19.1 Å². The molecule has 0 bridgehead atoms. The monoisotopic (exact) mass is 356 g/mol. The van der Waals surface area contributed by atoms with Gasteiger partial charge in [-0.1, -0.05) is 36.2 Å². The van der Waals surface area contributed by atoms with Crippen LogP contribution in [0.2, 0.25) is 0 Å². The Morgan fingerprint density at radius 2 is 1.69 bits per heavy atom. The summed E-state index contributed by atoms with van der Waals surface area (Å²) in [6, 6.07) is 13.3. The van der Waals surface area contributed by atoms with Gasteiger partial charge in [0, 0.05) is 0 Å². The van der Waals surface area contributed by atoms with Crippen LogP contribution in [0.1, 0.15) is 30.4 Å². The predicted octanol–water partition coefficient (Wildman–Crippen LogP) is 2.78. The maximum absolute atomic E-state index is 13.1. The van der Waals surface area contributed by atoms with Crippen LogP contribution in [0.3, 0.4) is 0 Å². The summed E-state index contributed by atoms with van der Waals surface area (Å²) in [5.41, 5.74) is 6.00. The molecule has 2 N–H and O–H groups in total. The molecule has 0 unspecified atom stereocenters. The number of nitrogens with one attached hydrogen (secondary N) is 2. The predicted molar refractivity (Wildman–Crippen MR) is 94.9 cm³/mol. The van der Waals surface area contributed by atoms with Gasteiger partial charge >= 0.3 is 0 Å². The molecule has 2 aromatic rings. The molecule has 1 saturated carbocycles. The molecule has 0 atom stereocenters. The molecule has 5 nitrogen and oxygen atoms in total. The van der Waals surface area contributed by atoms with Gasteiger partial charge in [-0.15, -0.1) is 0 Å². The highest BCUT2D eigenvalue weighted by Crippen LogP contribution is 2.43. The van der Waals surface area contributed by atoms with Gasteiger partial charge in [0.15, 0.2) is 6.61 Å². The van der Waals surface area contributed by atoms with Crippen LogP contribution >= 0.6 is 0 Å². The lowest BCUT2D eigenvalue weighted by Crippen LogP contribution is -2.55. The minimum absolute atomic E-state index is 0.201. The molecular weight excluding hydrogens is 335 g/mol. The van der Waals surface area contributed by atoms with Gasteiger partial charge in [0.1, 0.15) is 11.6 Å². The number of aryl methyl sites for hydroxylation is 1. The number of halogens is 1. The van der Waals surface area contributed by atoms with Crippen LogP contribution < -0.4 is 15.6 Å². The Kier molecular flexibility index (Phi) is 5.21. The molecule has 0 spiro atoms. The first-order chi connectivity index (χ1) is 12.5. The minimum atomic E-state index is -0.710. The summed E-state index contributed by atoms with van der Waals surface area (Å²) in [6.07, 6.45) is 2.25. The zero-order valence-corrected chi connectivity index (χ0v) is 14.5. The van der Waals surface area contributed by atoms with Crippen molar-refractivity contribution in [1.82, 2.24) is 10.9 Å². The number of carbonyl (C=O) groups is 2. The van der Waals surface area contributed by atoms with Crippen molar-refractivity contribution >= 4 is 11.8 Å². The van der Waals surface area contributed by atoms with Gasteiger partial charge in [0.05, 0.1) is 5.41 Å². The second-order valence-corrected chi connectivity index (χ2v) is 6.55. The molecule has 0 saturated heterocycles. The van der Waals surface area contributed by atoms with Gasteiger partial charge < -0.3 is 4.74 Å². The second-order valence-electron chi connectivity index (χ2n) is 6.55. The highest BCUT2D eigenvalue weighted by atomic mass is 19.1. The average molecular weight is 356 g/mol. The maximum Gasteiger partial charge on any atom is 0.276 e. The Morgan fingerprint density at radius 3 is 2.27 bits per heavy atom. The van der Waals surface area contributed by atoms with Crippen LogP contribution in [0, 0.1) is 12.7 Å². The molecule has 1 fully saturated rings. The summed E-state index contributed by atoms with van der Waals surface area (Å²) in [7, 11) is 0. The summed E-state index contributed by atoms with van der Waals surface area (Å²) < 4.78 is 18.5. The standard InChI is InChI=1S/C20H21FN2O3/c1-14-3-9-17(10-4-14)26-13-18(24)22-23-19(25)20(11-2-12-20)15-5-7-16(21)8-6-15/h3-10H,2,11-13H2,1H3,(H,22,24)(H,23,25). The van der Waals surface area contributed by atoms with E-state index in [9.17, 15) is 14.0 Å². The average Bonchev–Trinajstić information content (AvgIpc) is 2.60. The SMILES string of the molecule is Cc1ccc(OCC(=O)NNC(=O)C2(c3ccc(F)cc3)CCC2)cc1.